The van der Waals surface area contributed by atoms with E-state index in [9.17, 15) is 13.6 Å². The SMILES string of the molecule is COc1ccccc1CCNC(=O)c1coc(CN2CCN(Cc3ccc(F)c(F)c3)CC2)n1. The van der Waals surface area contributed by atoms with Gasteiger partial charge in [-0.25, -0.2) is 13.8 Å². The Hall–Kier alpha value is -3.30. The van der Waals surface area contributed by atoms with Gasteiger partial charge in [0.1, 0.15) is 12.0 Å². The lowest BCUT2D eigenvalue weighted by Gasteiger charge is -2.34. The van der Waals surface area contributed by atoms with E-state index in [0.29, 0.717) is 31.9 Å². The van der Waals surface area contributed by atoms with Gasteiger partial charge in [0.15, 0.2) is 17.3 Å². The molecular weight excluding hydrogens is 442 g/mol. The summed E-state index contributed by atoms with van der Waals surface area (Å²) in [5.74, 6) is -0.640. The number of oxazole rings is 1. The molecule has 0 atom stereocenters. The first-order valence-corrected chi connectivity index (χ1v) is 11.2. The molecule has 7 nitrogen and oxygen atoms in total. The highest BCUT2D eigenvalue weighted by atomic mass is 19.2. The number of nitrogens with zero attached hydrogens (tertiary/aromatic N) is 3. The maximum absolute atomic E-state index is 13.4. The molecule has 1 fully saturated rings. The molecule has 1 aliphatic rings. The molecule has 0 radical (unpaired) electrons. The smallest absolute Gasteiger partial charge is 0.273 e. The summed E-state index contributed by atoms with van der Waals surface area (Å²) in [5, 5.41) is 2.86. The first-order chi connectivity index (χ1) is 16.5. The highest BCUT2D eigenvalue weighted by molar-refractivity contribution is 5.91. The normalized spacial score (nSPS) is 14.8. The monoisotopic (exact) mass is 470 g/mol. The van der Waals surface area contributed by atoms with E-state index in [1.54, 1.807) is 13.2 Å². The predicted molar refractivity (Wildman–Crippen MR) is 122 cm³/mol. The third-order valence-corrected chi connectivity index (χ3v) is 5.87. The van der Waals surface area contributed by atoms with Crippen LogP contribution in [0.2, 0.25) is 0 Å². The molecule has 4 rings (SSSR count). The van der Waals surface area contributed by atoms with Crippen LogP contribution in [0.15, 0.2) is 53.1 Å². The average molecular weight is 471 g/mol. The lowest BCUT2D eigenvalue weighted by atomic mass is 10.1. The number of para-hydroxylation sites is 1. The van der Waals surface area contributed by atoms with Gasteiger partial charge in [0.25, 0.3) is 5.91 Å². The van der Waals surface area contributed by atoms with E-state index in [2.05, 4.69) is 20.1 Å². The zero-order valence-corrected chi connectivity index (χ0v) is 19.1. The maximum Gasteiger partial charge on any atom is 0.273 e. The Bertz CT molecular complexity index is 1110. The number of hydrogen-bond donors (Lipinski definition) is 1. The van der Waals surface area contributed by atoms with Gasteiger partial charge < -0.3 is 14.5 Å². The van der Waals surface area contributed by atoms with Crippen molar-refractivity contribution in [2.45, 2.75) is 19.5 Å². The van der Waals surface area contributed by atoms with E-state index in [-0.39, 0.29) is 11.6 Å². The van der Waals surface area contributed by atoms with Crippen LogP contribution in [-0.2, 0) is 19.5 Å². The Labute approximate surface area is 197 Å². The Balaban J connectivity index is 1.21. The molecule has 2 heterocycles. The molecule has 0 spiro atoms. The molecule has 0 aliphatic carbocycles. The van der Waals surface area contributed by atoms with Gasteiger partial charge in [-0.05, 0) is 35.7 Å². The third-order valence-electron chi connectivity index (χ3n) is 5.87. The summed E-state index contributed by atoms with van der Waals surface area (Å²) < 4.78 is 37.4. The topological polar surface area (TPSA) is 70.8 Å². The zero-order chi connectivity index (χ0) is 23.9. The number of rotatable bonds is 9. The molecule has 1 N–H and O–H groups in total. The van der Waals surface area contributed by atoms with E-state index >= 15 is 0 Å². The Morgan fingerprint density at radius 2 is 1.79 bits per heavy atom. The molecule has 34 heavy (non-hydrogen) atoms. The standard InChI is InChI=1S/C25H28F2N4O3/c1-33-23-5-3-2-4-19(23)8-9-28-25(32)22-17-34-24(29-22)16-31-12-10-30(11-13-31)15-18-6-7-20(26)21(27)14-18/h2-7,14,17H,8-13,15-16H2,1H3,(H,28,32). The van der Waals surface area contributed by atoms with Gasteiger partial charge in [-0.15, -0.1) is 0 Å². The van der Waals surface area contributed by atoms with Crippen LogP contribution in [-0.4, -0.2) is 60.5 Å². The number of piperazine rings is 1. The Morgan fingerprint density at radius 3 is 2.53 bits per heavy atom. The van der Waals surface area contributed by atoms with Gasteiger partial charge in [0, 0.05) is 39.3 Å². The second-order valence-corrected chi connectivity index (χ2v) is 8.24. The summed E-state index contributed by atoms with van der Waals surface area (Å²) in [6, 6.07) is 11.7. The van der Waals surface area contributed by atoms with E-state index in [4.69, 9.17) is 9.15 Å². The lowest BCUT2D eigenvalue weighted by Crippen LogP contribution is -2.45. The van der Waals surface area contributed by atoms with Gasteiger partial charge in [-0.3, -0.25) is 14.6 Å². The summed E-state index contributed by atoms with van der Waals surface area (Å²) in [6.07, 6.45) is 2.03. The Morgan fingerprint density at radius 1 is 1.06 bits per heavy atom. The third kappa shape index (κ3) is 6.18. The molecule has 1 saturated heterocycles. The molecule has 0 bridgehead atoms. The fourth-order valence-electron chi connectivity index (χ4n) is 3.99. The minimum Gasteiger partial charge on any atom is -0.496 e. The first-order valence-electron chi connectivity index (χ1n) is 11.2. The van der Waals surface area contributed by atoms with Crippen LogP contribution in [0.5, 0.6) is 5.75 Å². The van der Waals surface area contributed by atoms with Crippen LogP contribution < -0.4 is 10.1 Å². The molecule has 180 valence electrons. The number of methoxy groups -OCH3 is 1. The minimum absolute atomic E-state index is 0.256. The molecule has 1 aromatic heterocycles. The van der Waals surface area contributed by atoms with E-state index < -0.39 is 11.6 Å². The summed E-state index contributed by atoms with van der Waals surface area (Å²) in [7, 11) is 1.63. The highest BCUT2D eigenvalue weighted by Gasteiger charge is 2.20. The number of nitrogens with one attached hydrogen (secondary N) is 1. The van der Waals surface area contributed by atoms with E-state index in [1.165, 1.54) is 12.3 Å². The number of ether oxygens (including phenoxy) is 1. The highest BCUT2D eigenvalue weighted by Crippen LogP contribution is 2.17. The number of carbonyl (C=O) groups is 1. The molecule has 9 heteroatoms. The van der Waals surface area contributed by atoms with Crippen LogP contribution in [0, 0.1) is 11.6 Å². The van der Waals surface area contributed by atoms with Crippen LogP contribution in [0.1, 0.15) is 27.5 Å². The summed E-state index contributed by atoms with van der Waals surface area (Å²) in [5.41, 5.74) is 2.03. The van der Waals surface area contributed by atoms with Crippen molar-refractivity contribution in [3.63, 3.8) is 0 Å². The number of benzene rings is 2. The molecule has 3 aromatic rings. The molecule has 1 aliphatic heterocycles. The number of hydrogen-bond acceptors (Lipinski definition) is 6. The lowest BCUT2D eigenvalue weighted by molar-refractivity contribution is 0.0948. The second-order valence-electron chi connectivity index (χ2n) is 8.24. The van der Waals surface area contributed by atoms with Crippen LogP contribution in [0.4, 0.5) is 8.78 Å². The molecular formula is C25H28F2N4O3. The zero-order valence-electron chi connectivity index (χ0n) is 19.1. The van der Waals surface area contributed by atoms with Crippen molar-refractivity contribution in [1.82, 2.24) is 20.1 Å². The van der Waals surface area contributed by atoms with Gasteiger partial charge in [-0.2, -0.15) is 0 Å². The molecule has 0 saturated carbocycles. The van der Waals surface area contributed by atoms with Crippen molar-refractivity contribution in [2.75, 3.05) is 39.8 Å². The molecule has 1 amide bonds. The van der Waals surface area contributed by atoms with E-state index in [0.717, 1.165) is 49.1 Å². The summed E-state index contributed by atoms with van der Waals surface area (Å²) in [4.78, 5) is 21.1. The average Bonchev–Trinajstić information content (AvgIpc) is 3.31. The quantitative estimate of drug-likeness (QED) is 0.518. The van der Waals surface area contributed by atoms with Crippen molar-refractivity contribution in [3.05, 3.63) is 83.1 Å². The Kier molecular flexibility index (Phi) is 7.87. The first kappa shape index (κ1) is 23.8. The molecule has 0 unspecified atom stereocenters. The number of aromatic nitrogens is 1. The number of carbonyl (C=O) groups excluding carboxylic acids is 1. The minimum atomic E-state index is -0.830. The van der Waals surface area contributed by atoms with E-state index in [1.807, 2.05) is 24.3 Å². The number of halogens is 2. The van der Waals surface area contributed by atoms with Crippen LogP contribution >= 0.6 is 0 Å². The second kappa shape index (κ2) is 11.2. The van der Waals surface area contributed by atoms with Crippen molar-refractivity contribution in [3.8, 4) is 5.75 Å². The van der Waals surface area contributed by atoms with Gasteiger partial charge in [0.05, 0.1) is 13.7 Å². The fourth-order valence-corrected chi connectivity index (χ4v) is 3.99. The predicted octanol–water partition coefficient (Wildman–Crippen LogP) is 3.25. The summed E-state index contributed by atoms with van der Waals surface area (Å²) in [6.45, 7) is 4.68. The van der Waals surface area contributed by atoms with Gasteiger partial charge in [-0.1, -0.05) is 24.3 Å². The van der Waals surface area contributed by atoms with Gasteiger partial charge in [0.2, 0.25) is 5.89 Å². The van der Waals surface area contributed by atoms with Crippen molar-refractivity contribution in [1.29, 1.82) is 0 Å². The van der Waals surface area contributed by atoms with Gasteiger partial charge >= 0.3 is 0 Å². The van der Waals surface area contributed by atoms with Crippen molar-refractivity contribution in [2.24, 2.45) is 0 Å². The van der Waals surface area contributed by atoms with Crippen molar-refractivity contribution < 1.29 is 22.7 Å². The van der Waals surface area contributed by atoms with Crippen LogP contribution in [0.25, 0.3) is 0 Å². The van der Waals surface area contributed by atoms with Crippen LogP contribution in [0.3, 0.4) is 0 Å². The molecule has 2 aromatic carbocycles. The fraction of sp³-hybridized carbons (Fsp3) is 0.360. The van der Waals surface area contributed by atoms with Crippen molar-refractivity contribution >= 4 is 5.91 Å². The summed E-state index contributed by atoms with van der Waals surface area (Å²) >= 11 is 0. The maximum atomic E-state index is 13.4. The largest absolute Gasteiger partial charge is 0.496 e. The number of amides is 1.